The van der Waals surface area contributed by atoms with Crippen molar-refractivity contribution in [3.63, 3.8) is 0 Å². The van der Waals surface area contributed by atoms with Crippen molar-refractivity contribution >= 4 is 44.9 Å². The fourth-order valence-electron chi connectivity index (χ4n) is 3.74. The van der Waals surface area contributed by atoms with Crippen molar-refractivity contribution < 1.29 is 32.6 Å². The summed E-state index contributed by atoms with van der Waals surface area (Å²) in [5.41, 5.74) is 0.482. The average Bonchev–Trinajstić information content (AvgIpc) is 3.18. The van der Waals surface area contributed by atoms with Crippen LogP contribution in [-0.4, -0.2) is 72.4 Å². The van der Waals surface area contributed by atoms with E-state index in [1.807, 2.05) is 0 Å². The van der Waals surface area contributed by atoms with Crippen LogP contribution in [0.25, 0.3) is 10.9 Å². The fraction of sp³-hybridized carbons (Fsp3) is 0.367. The molecule has 0 aliphatic carbocycles. The first-order chi connectivity index (χ1) is 19.5. The Morgan fingerprint density at radius 2 is 1.74 bits per heavy atom. The molecule has 12 heteroatoms. The average molecular weight is 597 g/mol. The number of nitrogens with one attached hydrogen (secondary N) is 2. The maximum Gasteiger partial charge on any atom is 0.408 e. The minimum Gasteiger partial charge on any atom is -0.494 e. The molecule has 0 atom stereocenters. The first kappa shape index (κ1) is 32.2. The number of fused-ring (bicyclic) bond motifs is 1. The van der Waals surface area contributed by atoms with Crippen LogP contribution in [-0.2, 0) is 24.3 Å². The van der Waals surface area contributed by atoms with Crippen LogP contribution in [0.5, 0.6) is 5.88 Å². The highest BCUT2D eigenvalue weighted by Gasteiger charge is 2.26. The van der Waals surface area contributed by atoms with Crippen molar-refractivity contribution in [2.24, 2.45) is 4.99 Å². The van der Waals surface area contributed by atoms with Crippen LogP contribution < -0.4 is 5.32 Å². The first-order valence-corrected chi connectivity index (χ1v) is 14.5. The van der Waals surface area contributed by atoms with Crippen molar-refractivity contribution in [1.82, 2.24) is 14.6 Å². The number of alkyl carbamates (subject to hydrolysis) is 1. The molecular formula is C30H36N4O7S. The molecule has 1 heterocycles. The largest absolute Gasteiger partial charge is 0.494 e. The van der Waals surface area contributed by atoms with E-state index < -0.39 is 39.8 Å². The Balaban J connectivity index is 1.83. The summed E-state index contributed by atoms with van der Waals surface area (Å²) in [7, 11) is -2.72. The molecule has 0 saturated heterocycles. The number of likely N-dealkylation sites (N-methyl/N-ethyl adjacent to an activating group) is 1. The summed E-state index contributed by atoms with van der Waals surface area (Å²) in [6.07, 6.45) is 0.830. The third kappa shape index (κ3) is 8.83. The summed E-state index contributed by atoms with van der Waals surface area (Å²) in [6.45, 7) is 9.99. The van der Waals surface area contributed by atoms with Crippen LogP contribution in [0.2, 0.25) is 0 Å². The topological polar surface area (TPSA) is 150 Å². The van der Waals surface area contributed by atoms with Gasteiger partial charge in [0.1, 0.15) is 17.7 Å². The van der Waals surface area contributed by atoms with E-state index in [1.165, 1.54) is 31.5 Å². The van der Waals surface area contributed by atoms with Crippen molar-refractivity contribution in [1.29, 1.82) is 0 Å². The van der Waals surface area contributed by atoms with Gasteiger partial charge in [0.2, 0.25) is 10.0 Å². The van der Waals surface area contributed by atoms with E-state index in [4.69, 9.17) is 9.47 Å². The fourth-order valence-corrected chi connectivity index (χ4v) is 4.90. The maximum absolute atomic E-state index is 13.1. The quantitative estimate of drug-likeness (QED) is 0.207. The van der Waals surface area contributed by atoms with Crippen molar-refractivity contribution in [3.8, 4) is 17.7 Å². The number of carbonyl (C=O) groups is 2. The molecule has 2 aromatic carbocycles. The predicted octanol–water partition coefficient (Wildman–Crippen LogP) is 4.46. The second kappa shape index (κ2) is 12.7. The van der Waals surface area contributed by atoms with Crippen LogP contribution >= 0.6 is 0 Å². The minimum absolute atomic E-state index is 0.0504. The number of hydrogen-bond donors (Lipinski definition) is 3. The standard InChI is InChI=1S/C30H36N4O7S/c1-29(2,3)40-25(35)19-34(7)42(38,39)22-14-9-13-21(17-22)32-18-23-26-20(11-8-15-24(26)33-27(23)36)12-10-16-31-28(37)41-30(4,5)6/h8-9,11,13-15,17-18,33,36H,16,19H2,1-7H3,(H,31,37). The number of esters is 1. The van der Waals surface area contributed by atoms with Crippen LogP contribution in [0.3, 0.4) is 0 Å². The lowest BCUT2D eigenvalue weighted by molar-refractivity contribution is -0.154. The molecule has 3 N–H and O–H groups in total. The molecule has 1 amide bonds. The van der Waals surface area contributed by atoms with Crippen LogP contribution in [0, 0.1) is 11.8 Å². The van der Waals surface area contributed by atoms with Crippen molar-refractivity contribution in [3.05, 3.63) is 53.6 Å². The molecule has 1 aromatic heterocycles. The molecule has 0 fully saturated rings. The molecule has 0 bridgehead atoms. The Bertz CT molecular complexity index is 1670. The molecule has 42 heavy (non-hydrogen) atoms. The minimum atomic E-state index is -4.02. The second-order valence-corrected chi connectivity index (χ2v) is 13.4. The molecule has 3 aromatic rings. The highest BCUT2D eigenvalue weighted by molar-refractivity contribution is 7.89. The van der Waals surface area contributed by atoms with E-state index in [9.17, 15) is 23.1 Å². The van der Waals surface area contributed by atoms with E-state index in [1.54, 1.807) is 65.8 Å². The van der Waals surface area contributed by atoms with Gasteiger partial charge in [-0.25, -0.2) is 13.2 Å². The number of amides is 1. The molecule has 0 spiro atoms. The van der Waals surface area contributed by atoms with Gasteiger partial charge < -0.3 is 24.9 Å². The summed E-state index contributed by atoms with van der Waals surface area (Å²) in [5.74, 6) is 5.06. The lowest BCUT2D eigenvalue weighted by Crippen LogP contribution is -2.36. The Morgan fingerprint density at radius 3 is 2.40 bits per heavy atom. The molecule has 3 rings (SSSR count). The molecule has 0 aliphatic heterocycles. The summed E-state index contributed by atoms with van der Waals surface area (Å²) in [5, 5.41) is 13.8. The van der Waals surface area contributed by atoms with E-state index in [0.717, 1.165) is 4.31 Å². The van der Waals surface area contributed by atoms with Gasteiger partial charge in [0, 0.05) is 24.2 Å². The number of aromatic hydroxyl groups is 1. The number of rotatable bonds is 7. The van der Waals surface area contributed by atoms with Gasteiger partial charge in [-0.2, -0.15) is 4.31 Å². The van der Waals surface area contributed by atoms with Crippen molar-refractivity contribution in [2.45, 2.75) is 57.6 Å². The zero-order valence-electron chi connectivity index (χ0n) is 24.7. The molecule has 0 aliphatic rings. The third-order valence-corrected chi connectivity index (χ3v) is 7.22. The normalized spacial score (nSPS) is 12.3. The number of aliphatic imine (C=N–C) groups is 1. The van der Waals surface area contributed by atoms with Crippen molar-refractivity contribution in [2.75, 3.05) is 20.1 Å². The number of carbonyl (C=O) groups excluding carboxylic acids is 2. The SMILES string of the molecule is CN(CC(=O)OC(C)(C)C)S(=O)(=O)c1cccc(N=Cc2c(O)[nH]c3cccc(C#CCNC(=O)OC(C)(C)C)c23)c1. The highest BCUT2D eigenvalue weighted by Crippen LogP contribution is 2.29. The summed E-state index contributed by atoms with van der Waals surface area (Å²) in [6, 6.07) is 11.2. The third-order valence-electron chi connectivity index (χ3n) is 5.43. The molecule has 0 radical (unpaired) electrons. The number of ether oxygens (including phenoxy) is 2. The van der Waals surface area contributed by atoms with Crippen LogP contribution in [0.15, 0.2) is 52.4 Å². The van der Waals surface area contributed by atoms with Gasteiger partial charge in [-0.1, -0.05) is 24.0 Å². The van der Waals surface area contributed by atoms with E-state index in [0.29, 0.717) is 27.7 Å². The van der Waals surface area contributed by atoms with Gasteiger partial charge in [-0.15, -0.1) is 0 Å². The van der Waals surface area contributed by atoms with Gasteiger partial charge in [0.05, 0.1) is 28.2 Å². The Labute approximate surface area is 246 Å². The number of hydrogen-bond acceptors (Lipinski definition) is 8. The second-order valence-electron chi connectivity index (χ2n) is 11.4. The van der Waals surface area contributed by atoms with E-state index in [2.05, 4.69) is 27.1 Å². The number of sulfonamides is 1. The maximum atomic E-state index is 13.1. The highest BCUT2D eigenvalue weighted by atomic mass is 32.2. The number of H-pyrrole nitrogens is 1. The molecular weight excluding hydrogens is 560 g/mol. The van der Waals surface area contributed by atoms with Gasteiger partial charge in [-0.3, -0.25) is 9.79 Å². The zero-order chi connectivity index (χ0) is 31.3. The summed E-state index contributed by atoms with van der Waals surface area (Å²) in [4.78, 5) is 31.2. The van der Waals surface area contributed by atoms with E-state index in [-0.39, 0.29) is 17.3 Å². The Hall–Kier alpha value is -4.34. The van der Waals surface area contributed by atoms with Crippen LogP contribution in [0.4, 0.5) is 10.5 Å². The van der Waals surface area contributed by atoms with Gasteiger partial charge in [0.15, 0.2) is 5.88 Å². The Kier molecular flexibility index (Phi) is 9.71. The molecule has 0 unspecified atom stereocenters. The first-order valence-electron chi connectivity index (χ1n) is 13.1. The summed E-state index contributed by atoms with van der Waals surface area (Å²) < 4.78 is 37.5. The lowest BCUT2D eigenvalue weighted by atomic mass is 10.1. The number of aromatic amines is 1. The molecule has 11 nitrogen and oxygen atoms in total. The number of benzene rings is 2. The molecule has 224 valence electrons. The van der Waals surface area contributed by atoms with Gasteiger partial charge in [-0.05, 0) is 71.9 Å². The van der Waals surface area contributed by atoms with Gasteiger partial charge in [0.25, 0.3) is 0 Å². The summed E-state index contributed by atoms with van der Waals surface area (Å²) >= 11 is 0. The Morgan fingerprint density at radius 1 is 1.07 bits per heavy atom. The molecule has 0 saturated carbocycles. The van der Waals surface area contributed by atoms with Gasteiger partial charge >= 0.3 is 12.1 Å². The van der Waals surface area contributed by atoms with E-state index >= 15 is 0 Å². The number of aromatic nitrogens is 1. The lowest BCUT2D eigenvalue weighted by Gasteiger charge is -2.22. The predicted molar refractivity (Wildman–Crippen MR) is 160 cm³/mol. The number of nitrogens with zero attached hydrogens (tertiary/aromatic N) is 2. The monoisotopic (exact) mass is 596 g/mol. The van der Waals surface area contributed by atoms with Crippen LogP contribution in [0.1, 0.15) is 52.7 Å². The smallest absolute Gasteiger partial charge is 0.408 e. The zero-order valence-corrected chi connectivity index (χ0v) is 25.5.